The van der Waals surface area contributed by atoms with E-state index in [4.69, 9.17) is 10.5 Å². The number of hydrogen-bond donors (Lipinski definition) is 2. The summed E-state index contributed by atoms with van der Waals surface area (Å²) in [6.45, 7) is 5.15. The summed E-state index contributed by atoms with van der Waals surface area (Å²) in [6.07, 6.45) is 1.34. The van der Waals surface area contributed by atoms with Crippen molar-refractivity contribution in [2.45, 2.75) is 18.4 Å². The molecule has 3 N–H and O–H groups in total. The van der Waals surface area contributed by atoms with Crippen molar-refractivity contribution in [2.24, 2.45) is 5.73 Å². The number of likely N-dealkylation sites (tertiary alicyclic amines) is 1. The quantitative estimate of drug-likeness (QED) is 0.435. The monoisotopic (exact) mass is 327 g/mol. The van der Waals surface area contributed by atoms with Crippen LogP contribution in [0.3, 0.4) is 0 Å². The summed E-state index contributed by atoms with van der Waals surface area (Å²) in [4.78, 5) is 30.6. The molecule has 0 aromatic heterocycles. The molecule has 0 radical (unpaired) electrons. The van der Waals surface area contributed by atoms with Crippen molar-refractivity contribution in [1.29, 1.82) is 0 Å². The molecule has 1 spiro atoms. The maximum Gasteiger partial charge on any atom is 0.325 e. The van der Waals surface area contributed by atoms with Crippen LogP contribution < -0.4 is 11.1 Å². The average Bonchev–Trinajstić information content (AvgIpc) is 2.75. The molecule has 2 aliphatic heterocycles. The number of nitrogens with zero attached hydrogens (tertiary/aromatic N) is 3. The summed E-state index contributed by atoms with van der Waals surface area (Å²) in [5.41, 5.74) is 4.64. The number of imide groups is 1. The van der Waals surface area contributed by atoms with Gasteiger partial charge in [0.15, 0.2) is 0 Å². The Morgan fingerprint density at radius 1 is 1.22 bits per heavy atom. The summed E-state index contributed by atoms with van der Waals surface area (Å²) >= 11 is 0. The third kappa shape index (κ3) is 4.41. The molecule has 132 valence electrons. The number of nitrogens with one attached hydrogen (secondary N) is 1. The molecule has 0 aromatic rings. The van der Waals surface area contributed by atoms with Crippen LogP contribution in [0.2, 0.25) is 0 Å². The number of hydrogen-bond acceptors (Lipinski definition) is 6. The molecule has 0 atom stereocenters. The zero-order chi connectivity index (χ0) is 16.9. The molecular weight excluding hydrogens is 298 g/mol. The molecule has 8 heteroatoms. The van der Waals surface area contributed by atoms with E-state index in [-0.39, 0.29) is 18.5 Å². The van der Waals surface area contributed by atoms with Gasteiger partial charge in [0, 0.05) is 32.7 Å². The van der Waals surface area contributed by atoms with Crippen molar-refractivity contribution in [2.75, 3.05) is 66.6 Å². The van der Waals surface area contributed by atoms with Gasteiger partial charge in [-0.3, -0.25) is 9.69 Å². The predicted molar refractivity (Wildman–Crippen MR) is 87.1 cm³/mol. The van der Waals surface area contributed by atoms with Gasteiger partial charge in [0.1, 0.15) is 5.54 Å². The first-order chi connectivity index (χ1) is 11.0. The second-order valence-corrected chi connectivity index (χ2v) is 6.52. The van der Waals surface area contributed by atoms with Crippen LogP contribution in [0.1, 0.15) is 12.8 Å². The third-order valence-electron chi connectivity index (χ3n) is 4.54. The molecule has 8 nitrogen and oxygen atoms in total. The van der Waals surface area contributed by atoms with E-state index in [0.29, 0.717) is 32.6 Å². The Morgan fingerprint density at radius 3 is 2.52 bits per heavy atom. The molecule has 2 saturated heterocycles. The van der Waals surface area contributed by atoms with E-state index in [2.05, 4.69) is 29.2 Å². The Labute approximate surface area is 137 Å². The van der Waals surface area contributed by atoms with Gasteiger partial charge in [-0.05, 0) is 26.9 Å². The van der Waals surface area contributed by atoms with E-state index in [1.165, 1.54) is 4.90 Å². The molecule has 2 aliphatic rings. The second-order valence-electron chi connectivity index (χ2n) is 6.52. The molecule has 2 heterocycles. The summed E-state index contributed by atoms with van der Waals surface area (Å²) in [5, 5.41) is 2.92. The Hall–Kier alpha value is -1.22. The number of carbonyl (C=O) groups excluding carboxylic acids is 2. The van der Waals surface area contributed by atoms with Gasteiger partial charge in [-0.2, -0.15) is 0 Å². The van der Waals surface area contributed by atoms with Gasteiger partial charge in [0.2, 0.25) is 0 Å². The summed E-state index contributed by atoms with van der Waals surface area (Å²) in [7, 11) is 4.10. The number of piperidine rings is 1. The maximum absolute atomic E-state index is 12.7. The smallest absolute Gasteiger partial charge is 0.325 e. The zero-order valence-corrected chi connectivity index (χ0v) is 14.2. The van der Waals surface area contributed by atoms with Crippen molar-refractivity contribution in [3.8, 4) is 0 Å². The van der Waals surface area contributed by atoms with Crippen LogP contribution in [0.5, 0.6) is 0 Å². The van der Waals surface area contributed by atoms with E-state index < -0.39 is 5.54 Å². The highest BCUT2D eigenvalue weighted by Crippen LogP contribution is 2.29. The van der Waals surface area contributed by atoms with Crippen LogP contribution in [0.25, 0.3) is 0 Å². The Bertz CT molecular complexity index is 421. The van der Waals surface area contributed by atoms with Crippen LogP contribution in [0, 0.1) is 0 Å². The minimum Gasteiger partial charge on any atom is -0.378 e. The van der Waals surface area contributed by atoms with E-state index in [1.807, 2.05) is 0 Å². The van der Waals surface area contributed by atoms with Crippen LogP contribution in [0.4, 0.5) is 4.79 Å². The summed E-state index contributed by atoms with van der Waals surface area (Å²) in [5.74, 6) is -0.105. The highest BCUT2D eigenvalue weighted by Gasteiger charge is 2.51. The van der Waals surface area contributed by atoms with Crippen LogP contribution in [-0.4, -0.2) is 98.8 Å². The van der Waals surface area contributed by atoms with E-state index in [0.717, 1.165) is 26.2 Å². The lowest BCUT2D eigenvalue weighted by Crippen LogP contribution is -2.55. The van der Waals surface area contributed by atoms with Gasteiger partial charge >= 0.3 is 6.03 Å². The molecule has 0 unspecified atom stereocenters. The highest BCUT2D eigenvalue weighted by molar-refractivity contribution is 6.07. The Balaban J connectivity index is 1.84. The SMILES string of the molecule is CN(C)CCN1CCC2(CC1)NC(=O)N(CCOCCN)C2=O. The fourth-order valence-corrected chi connectivity index (χ4v) is 3.06. The van der Waals surface area contributed by atoms with E-state index >= 15 is 0 Å². The molecular formula is C15H29N5O3. The van der Waals surface area contributed by atoms with Crippen molar-refractivity contribution in [1.82, 2.24) is 20.0 Å². The van der Waals surface area contributed by atoms with Crippen molar-refractivity contribution in [3.63, 3.8) is 0 Å². The van der Waals surface area contributed by atoms with Crippen LogP contribution in [0.15, 0.2) is 0 Å². The maximum atomic E-state index is 12.7. The van der Waals surface area contributed by atoms with Gasteiger partial charge in [0.25, 0.3) is 5.91 Å². The van der Waals surface area contributed by atoms with Gasteiger partial charge in [0.05, 0.1) is 19.8 Å². The number of ether oxygens (including phenoxy) is 1. The standard InChI is InChI=1S/C15H29N5O3/c1-18(2)8-9-19-6-3-15(4-7-19)13(21)20(14(22)17-15)10-12-23-11-5-16/h3-12,16H2,1-2H3,(H,17,22). The summed E-state index contributed by atoms with van der Waals surface area (Å²) < 4.78 is 5.28. The fourth-order valence-electron chi connectivity index (χ4n) is 3.06. The normalized spacial score (nSPS) is 21.5. The molecule has 0 aromatic carbocycles. The molecule has 0 bridgehead atoms. The largest absolute Gasteiger partial charge is 0.378 e. The fraction of sp³-hybridized carbons (Fsp3) is 0.867. The first-order valence-corrected chi connectivity index (χ1v) is 8.27. The molecule has 2 fully saturated rings. The van der Waals surface area contributed by atoms with Gasteiger partial charge in [-0.1, -0.05) is 0 Å². The summed E-state index contributed by atoms with van der Waals surface area (Å²) in [6, 6.07) is -0.298. The van der Waals surface area contributed by atoms with Crippen molar-refractivity contribution in [3.05, 3.63) is 0 Å². The lowest BCUT2D eigenvalue weighted by molar-refractivity contribution is -0.133. The minimum absolute atomic E-state index is 0.105. The van der Waals surface area contributed by atoms with Gasteiger partial charge in [-0.15, -0.1) is 0 Å². The molecule has 0 aliphatic carbocycles. The Morgan fingerprint density at radius 2 is 1.91 bits per heavy atom. The predicted octanol–water partition coefficient (Wildman–Crippen LogP) is -1.09. The number of nitrogens with two attached hydrogens (primary N) is 1. The number of amides is 3. The zero-order valence-electron chi connectivity index (χ0n) is 14.2. The van der Waals surface area contributed by atoms with Crippen LogP contribution >= 0.6 is 0 Å². The topological polar surface area (TPSA) is 91.1 Å². The average molecular weight is 327 g/mol. The van der Waals surface area contributed by atoms with Gasteiger partial charge in [-0.25, -0.2) is 4.79 Å². The first kappa shape index (κ1) is 18.1. The van der Waals surface area contributed by atoms with Gasteiger partial charge < -0.3 is 25.6 Å². The number of rotatable bonds is 8. The van der Waals surface area contributed by atoms with Crippen molar-refractivity contribution >= 4 is 11.9 Å². The molecule has 2 rings (SSSR count). The lowest BCUT2D eigenvalue weighted by atomic mass is 9.87. The first-order valence-electron chi connectivity index (χ1n) is 8.27. The molecule has 3 amide bonds. The second kappa shape index (κ2) is 8.05. The van der Waals surface area contributed by atoms with Crippen molar-refractivity contribution < 1.29 is 14.3 Å². The van der Waals surface area contributed by atoms with E-state index in [1.54, 1.807) is 0 Å². The minimum atomic E-state index is -0.709. The third-order valence-corrected chi connectivity index (χ3v) is 4.54. The van der Waals surface area contributed by atoms with E-state index in [9.17, 15) is 9.59 Å². The number of carbonyl (C=O) groups is 2. The van der Waals surface area contributed by atoms with Crippen LogP contribution in [-0.2, 0) is 9.53 Å². The lowest BCUT2D eigenvalue weighted by Gasteiger charge is -2.37. The molecule has 0 saturated carbocycles. The number of urea groups is 1. The highest BCUT2D eigenvalue weighted by atomic mass is 16.5. The number of likely N-dealkylation sites (N-methyl/N-ethyl adjacent to an activating group) is 1. The molecule has 23 heavy (non-hydrogen) atoms. The Kier molecular flexibility index (Phi) is 6.34.